The summed E-state index contributed by atoms with van der Waals surface area (Å²) in [5, 5.41) is 0. The van der Waals surface area contributed by atoms with Crippen molar-refractivity contribution in [3.8, 4) is 0 Å². The zero-order valence-electron chi connectivity index (χ0n) is 12.8. The standard InChI is InChI=1S/C16H30N2O/c1-11(2)13-6-8-18(9-7-13)16(19)15-5-4-14(17)10-12(15)3/h11-15H,4-10,17H2,1-3H3. The average Bonchev–Trinajstić information content (AvgIpc) is 2.38. The first-order valence-corrected chi connectivity index (χ1v) is 8.03. The summed E-state index contributed by atoms with van der Waals surface area (Å²) in [5.74, 6) is 2.65. The molecule has 0 aromatic rings. The molecule has 3 atom stereocenters. The average molecular weight is 266 g/mol. The lowest BCUT2D eigenvalue weighted by Crippen LogP contribution is -2.46. The number of piperidine rings is 1. The van der Waals surface area contributed by atoms with Gasteiger partial charge in [-0.15, -0.1) is 0 Å². The lowest BCUT2D eigenvalue weighted by atomic mass is 9.77. The highest BCUT2D eigenvalue weighted by atomic mass is 16.2. The maximum atomic E-state index is 12.6. The predicted molar refractivity (Wildman–Crippen MR) is 78.6 cm³/mol. The Morgan fingerprint density at radius 2 is 1.79 bits per heavy atom. The molecule has 110 valence electrons. The number of carbonyl (C=O) groups excluding carboxylic acids is 1. The van der Waals surface area contributed by atoms with Gasteiger partial charge in [0.15, 0.2) is 0 Å². The molecule has 19 heavy (non-hydrogen) atoms. The molecule has 2 rings (SSSR count). The number of hydrogen-bond acceptors (Lipinski definition) is 2. The van der Waals surface area contributed by atoms with Crippen molar-refractivity contribution in [3.63, 3.8) is 0 Å². The lowest BCUT2D eigenvalue weighted by Gasteiger charge is -2.39. The van der Waals surface area contributed by atoms with Crippen LogP contribution in [0.4, 0.5) is 0 Å². The SMILES string of the molecule is CC(C)C1CCN(C(=O)C2CCC(N)CC2C)CC1. The molecule has 3 heteroatoms. The van der Waals surface area contributed by atoms with E-state index in [4.69, 9.17) is 5.73 Å². The van der Waals surface area contributed by atoms with E-state index >= 15 is 0 Å². The van der Waals surface area contributed by atoms with Crippen LogP contribution in [0.3, 0.4) is 0 Å². The molecule has 0 aromatic heterocycles. The molecule has 1 heterocycles. The molecule has 1 saturated carbocycles. The van der Waals surface area contributed by atoms with Crippen LogP contribution in [0, 0.1) is 23.7 Å². The Morgan fingerprint density at radius 1 is 1.16 bits per heavy atom. The van der Waals surface area contributed by atoms with Crippen molar-refractivity contribution in [1.29, 1.82) is 0 Å². The Balaban J connectivity index is 1.87. The van der Waals surface area contributed by atoms with Gasteiger partial charge >= 0.3 is 0 Å². The Bertz CT molecular complexity index is 308. The summed E-state index contributed by atoms with van der Waals surface area (Å²) in [6.07, 6.45) is 5.39. The van der Waals surface area contributed by atoms with E-state index in [-0.39, 0.29) is 5.92 Å². The third kappa shape index (κ3) is 3.50. The second-order valence-electron chi connectivity index (χ2n) is 7.06. The predicted octanol–water partition coefficient (Wildman–Crippen LogP) is 2.64. The molecule has 1 amide bonds. The third-order valence-electron chi connectivity index (χ3n) is 5.32. The van der Waals surface area contributed by atoms with Gasteiger partial charge in [-0.3, -0.25) is 4.79 Å². The fourth-order valence-electron chi connectivity index (χ4n) is 3.83. The Labute approximate surface area is 117 Å². The van der Waals surface area contributed by atoms with E-state index in [2.05, 4.69) is 25.7 Å². The monoisotopic (exact) mass is 266 g/mol. The number of amides is 1. The number of hydrogen-bond donors (Lipinski definition) is 1. The molecule has 1 saturated heterocycles. The largest absolute Gasteiger partial charge is 0.342 e. The first-order chi connectivity index (χ1) is 8.99. The van der Waals surface area contributed by atoms with E-state index in [1.54, 1.807) is 0 Å². The van der Waals surface area contributed by atoms with Gasteiger partial charge in [0.25, 0.3) is 0 Å². The molecule has 0 spiro atoms. The summed E-state index contributed by atoms with van der Waals surface area (Å²) in [7, 11) is 0. The number of nitrogens with zero attached hydrogens (tertiary/aromatic N) is 1. The van der Waals surface area contributed by atoms with Crippen LogP contribution in [-0.2, 0) is 4.79 Å². The molecule has 0 radical (unpaired) electrons. The van der Waals surface area contributed by atoms with Crippen LogP contribution in [0.5, 0.6) is 0 Å². The van der Waals surface area contributed by atoms with Gasteiger partial charge < -0.3 is 10.6 Å². The fraction of sp³-hybridized carbons (Fsp3) is 0.938. The summed E-state index contributed by atoms with van der Waals surface area (Å²) in [6, 6.07) is 0.311. The zero-order chi connectivity index (χ0) is 14.0. The highest BCUT2D eigenvalue weighted by Crippen LogP contribution is 2.32. The van der Waals surface area contributed by atoms with Crippen LogP contribution < -0.4 is 5.73 Å². The molecule has 0 aromatic carbocycles. The Morgan fingerprint density at radius 3 is 2.32 bits per heavy atom. The number of nitrogens with two attached hydrogens (primary N) is 1. The first-order valence-electron chi connectivity index (χ1n) is 8.03. The van der Waals surface area contributed by atoms with Gasteiger partial charge in [0, 0.05) is 25.0 Å². The Hall–Kier alpha value is -0.570. The van der Waals surface area contributed by atoms with Crippen molar-refractivity contribution in [1.82, 2.24) is 4.90 Å². The van der Waals surface area contributed by atoms with E-state index in [1.807, 2.05) is 0 Å². The highest BCUT2D eigenvalue weighted by Gasteiger charge is 2.35. The molecule has 2 aliphatic rings. The third-order valence-corrected chi connectivity index (χ3v) is 5.32. The normalized spacial score (nSPS) is 33.7. The topological polar surface area (TPSA) is 46.3 Å². The minimum Gasteiger partial charge on any atom is -0.342 e. The smallest absolute Gasteiger partial charge is 0.225 e. The van der Waals surface area contributed by atoms with Gasteiger partial charge in [0.05, 0.1) is 0 Å². The molecular weight excluding hydrogens is 236 g/mol. The summed E-state index contributed by atoms with van der Waals surface area (Å²) < 4.78 is 0. The van der Waals surface area contributed by atoms with E-state index in [9.17, 15) is 4.79 Å². The highest BCUT2D eigenvalue weighted by molar-refractivity contribution is 5.79. The minimum atomic E-state index is 0.232. The summed E-state index contributed by atoms with van der Waals surface area (Å²) in [6.45, 7) is 8.73. The second-order valence-corrected chi connectivity index (χ2v) is 7.06. The number of rotatable bonds is 2. The molecule has 1 aliphatic carbocycles. The number of carbonyl (C=O) groups is 1. The van der Waals surface area contributed by atoms with Gasteiger partial charge in [-0.2, -0.15) is 0 Å². The van der Waals surface area contributed by atoms with Crippen molar-refractivity contribution in [3.05, 3.63) is 0 Å². The van der Waals surface area contributed by atoms with E-state index in [0.717, 1.165) is 44.2 Å². The Kier molecular flexibility index (Phi) is 4.88. The van der Waals surface area contributed by atoms with Gasteiger partial charge in [-0.05, 0) is 49.9 Å². The molecule has 3 nitrogen and oxygen atoms in total. The minimum absolute atomic E-state index is 0.232. The summed E-state index contributed by atoms with van der Waals surface area (Å²) >= 11 is 0. The van der Waals surface area contributed by atoms with E-state index in [1.165, 1.54) is 12.8 Å². The van der Waals surface area contributed by atoms with Crippen molar-refractivity contribution >= 4 is 5.91 Å². The molecule has 1 aliphatic heterocycles. The first kappa shape index (κ1) is 14.8. The van der Waals surface area contributed by atoms with Crippen molar-refractivity contribution < 1.29 is 4.79 Å². The lowest BCUT2D eigenvalue weighted by molar-refractivity contribution is -0.140. The van der Waals surface area contributed by atoms with Crippen molar-refractivity contribution in [2.75, 3.05) is 13.1 Å². The van der Waals surface area contributed by atoms with Gasteiger partial charge in [0.1, 0.15) is 0 Å². The van der Waals surface area contributed by atoms with Crippen LogP contribution >= 0.6 is 0 Å². The summed E-state index contributed by atoms with van der Waals surface area (Å²) in [4.78, 5) is 14.8. The van der Waals surface area contributed by atoms with Gasteiger partial charge in [-0.25, -0.2) is 0 Å². The zero-order valence-corrected chi connectivity index (χ0v) is 12.8. The van der Waals surface area contributed by atoms with Gasteiger partial charge in [0.2, 0.25) is 5.91 Å². The summed E-state index contributed by atoms with van der Waals surface area (Å²) in [5.41, 5.74) is 5.99. The van der Waals surface area contributed by atoms with Crippen LogP contribution in [-0.4, -0.2) is 29.9 Å². The molecule has 3 unspecified atom stereocenters. The van der Waals surface area contributed by atoms with Crippen LogP contribution in [0.1, 0.15) is 52.9 Å². The number of likely N-dealkylation sites (tertiary alicyclic amines) is 1. The van der Waals surface area contributed by atoms with Crippen molar-refractivity contribution in [2.45, 2.75) is 58.9 Å². The molecule has 0 bridgehead atoms. The molecule has 2 N–H and O–H groups in total. The molecular formula is C16H30N2O. The van der Waals surface area contributed by atoms with Gasteiger partial charge in [-0.1, -0.05) is 20.8 Å². The van der Waals surface area contributed by atoms with E-state index in [0.29, 0.717) is 17.9 Å². The maximum absolute atomic E-state index is 12.6. The quantitative estimate of drug-likeness (QED) is 0.835. The molecule has 2 fully saturated rings. The second kappa shape index (κ2) is 6.25. The van der Waals surface area contributed by atoms with Crippen LogP contribution in [0.25, 0.3) is 0 Å². The maximum Gasteiger partial charge on any atom is 0.225 e. The fourth-order valence-corrected chi connectivity index (χ4v) is 3.83. The van der Waals surface area contributed by atoms with Crippen LogP contribution in [0.15, 0.2) is 0 Å². The van der Waals surface area contributed by atoms with Crippen molar-refractivity contribution in [2.24, 2.45) is 29.4 Å². The van der Waals surface area contributed by atoms with Crippen LogP contribution in [0.2, 0.25) is 0 Å². The van der Waals surface area contributed by atoms with E-state index < -0.39 is 0 Å².